The van der Waals surface area contributed by atoms with E-state index in [-0.39, 0.29) is 29.7 Å². The molecule has 1 atom stereocenters. The van der Waals surface area contributed by atoms with Crippen molar-refractivity contribution < 1.29 is 22.2 Å². The molecule has 1 fully saturated rings. The summed E-state index contributed by atoms with van der Waals surface area (Å²) in [7, 11) is -3.19. The molecule has 0 aliphatic carbocycles. The molecule has 1 amide bonds. The number of nitrogens with zero attached hydrogens (tertiary/aromatic N) is 2. The summed E-state index contributed by atoms with van der Waals surface area (Å²) < 4.78 is 35.7. The lowest BCUT2D eigenvalue weighted by atomic mass is 10.1. The summed E-state index contributed by atoms with van der Waals surface area (Å²) in [6, 6.07) is 24.0. The van der Waals surface area contributed by atoms with Gasteiger partial charge in [0.05, 0.1) is 18.1 Å². The number of sulfone groups is 1. The predicted octanol–water partition coefficient (Wildman–Crippen LogP) is 4.92. The van der Waals surface area contributed by atoms with Crippen molar-refractivity contribution in [2.45, 2.75) is 29.0 Å². The molecule has 9 heteroatoms. The van der Waals surface area contributed by atoms with Gasteiger partial charge in [-0.1, -0.05) is 65.4 Å². The van der Waals surface area contributed by atoms with Crippen LogP contribution in [0.25, 0.3) is 11.3 Å². The summed E-state index contributed by atoms with van der Waals surface area (Å²) in [6.07, 6.45) is 0.379. The molecular formula is C25H22N2O5S2. The van der Waals surface area contributed by atoms with Gasteiger partial charge in [-0.2, -0.15) is 0 Å². The minimum atomic E-state index is -3.19. The zero-order valence-electron chi connectivity index (χ0n) is 18.2. The number of amides is 1. The van der Waals surface area contributed by atoms with Crippen LogP contribution in [0.4, 0.5) is 0 Å². The number of hydrogen-bond acceptors (Lipinski definition) is 7. The van der Waals surface area contributed by atoms with E-state index in [0.29, 0.717) is 23.0 Å². The third-order valence-electron chi connectivity index (χ3n) is 5.62. The standard InChI is InChI=1S/C25H22N2O5S2/c28-25(22-15-23(32-26-22)18-7-3-1-4-8-18)27(19-13-14-34(29,30)17-19)16-20-11-12-24(31-20)33-21-9-5-2-6-10-21/h1-12,15,19H,13-14,16-17H2/t19-/m1/s1. The molecule has 174 valence electrons. The third-order valence-corrected chi connectivity index (χ3v) is 8.30. The molecule has 2 aromatic carbocycles. The lowest BCUT2D eigenvalue weighted by Gasteiger charge is -2.26. The molecule has 0 radical (unpaired) electrons. The molecule has 34 heavy (non-hydrogen) atoms. The Morgan fingerprint density at radius 2 is 1.76 bits per heavy atom. The number of benzene rings is 2. The van der Waals surface area contributed by atoms with Crippen LogP contribution in [0.1, 0.15) is 22.7 Å². The summed E-state index contributed by atoms with van der Waals surface area (Å²) in [4.78, 5) is 16.0. The van der Waals surface area contributed by atoms with E-state index in [1.165, 1.54) is 16.7 Å². The van der Waals surface area contributed by atoms with Crippen LogP contribution >= 0.6 is 11.8 Å². The first-order chi connectivity index (χ1) is 16.5. The first-order valence-corrected chi connectivity index (χ1v) is 13.5. The van der Waals surface area contributed by atoms with Crippen LogP contribution in [-0.2, 0) is 16.4 Å². The van der Waals surface area contributed by atoms with Gasteiger partial charge in [0.2, 0.25) is 0 Å². The Bertz CT molecular complexity index is 1380. The molecule has 0 spiro atoms. The summed E-state index contributed by atoms with van der Waals surface area (Å²) in [6.45, 7) is 0.141. The number of rotatable bonds is 7. The van der Waals surface area contributed by atoms with Gasteiger partial charge in [-0.3, -0.25) is 4.79 Å². The second-order valence-corrected chi connectivity index (χ2v) is 11.4. The van der Waals surface area contributed by atoms with Gasteiger partial charge in [0.25, 0.3) is 5.91 Å². The van der Waals surface area contributed by atoms with Crippen LogP contribution in [0.3, 0.4) is 0 Å². The highest BCUT2D eigenvalue weighted by Gasteiger charge is 2.36. The van der Waals surface area contributed by atoms with Crippen molar-refractivity contribution in [3.05, 3.63) is 90.3 Å². The minimum Gasteiger partial charge on any atom is -0.453 e. The Balaban J connectivity index is 1.38. The lowest BCUT2D eigenvalue weighted by Crippen LogP contribution is -2.40. The molecule has 0 N–H and O–H groups in total. The van der Waals surface area contributed by atoms with Crippen molar-refractivity contribution in [3.8, 4) is 11.3 Å². The van der Waals surface area contributed by atoms with Gasteiger partial charge in [-0.15, -0.1) is 0 Å². The highest BCUT2D eigenvalue weighted by Crippen LogP contribution is 2.31. The zero-order valence-corrected chi connectivity index (χ0v) is 19.8. The zero-order chi connectivity index (χ0) is 23.5. The summed E-state index contributed by atoms with van der Waals surface area (Å²) in [5.74, 6) is 0.643. The first kappa shape index (κ1) is 22.5. The first-order valence-electron chi connectivity index (χ1n) is 10.8. The van der Waals surface area contributed by atoms with Crippen LogP contribution in [0.5, 0.6) is 0 Å². The third kappa shape index (κ3) is 5.10. The molecule has 0 bridgehead atoms. The fourth-order valence-corrected chi connectivity index (χ4v) is 6.46. The topological polar surface area (TPSA) is 93.6 Å². The normalized spacial score (nSPS) is 17.0. The van der Waals surface area contributed by atoms with E-state index in [1.807, 2.05) is 72.8 Å². The van der Waals surface area contributed by atoms with Gasteiger partial charge in [-0.25, -0.2) is 8.42 Å². The van der Waals surface area contributed by atoms with Gasteiger partial charge in [-0.05, 0) is 30.7 Å². The maximum Gasteiger partial charge on any atom is 0.276 e. The number of carbonyl (C=O) groups is 1. The predicted molar refractivity (Wildman–Crippen MR) is 128 cm³/mol. The number of furan rings is 1. The van der Waals surface area contributed by atoms with Crippen molar-refractivity contribution in [3.63, 3.8) is 0 Å². The van der Waals surface area contributed by atoms with Crippen molar-refractivity contribution in [1.82, 2.24) is 10.1 Å². The quantitative estimate of drug-likeness (QED) is 0.360. The molecular weight excluding hydrogens is 472 g/mol. The van der Waals surface area contributed by atoms with E-state index in [9.17, 15) is 13.2 Å². The fourth-order valence-electron chi connectivity index (χ4n) is 3.92. The fraction of sp³-hybridized carbons (Fsp3) is 0.200. The maximum absolute atomic E-state index is 13.5. The van der Waals surface area contributed by atoms with E-state index < -0.39 is 15.9 Å². The average Bonchev–Trinajstić information content (AvgIpc) is 3.58. The van der Waals surface area contributed by atoms with Crippen LogP contribution < -0.4 is 0 Å². The van der Waals surface area contributed by atoms with Gasteiger partial charge < -0.3 is 13.8 Å². The van der Waals surface area contributed by atoms with E-state index in [2.05, 4.69) is 5.16 Å². The molecule has 1 saturated heterocycles. The second kappa shape index (κ2) is 9.52. The highest BCUT2D eigenvalue weighted by molar-refractivity contribution is 7.99. The number of carbonyl (C=O) groups excluding carboxylic acids is 1. The molecule has 0 unspecified atom stereocenters. The van der Waals surface area contributed by atoms with E-state index in [4.69, 9.17) is 8.94 Å². The Labute approximate surface area is 201 Å². The molecule has 3 heterocycles. The van der Waals surface area contributed by atoms with Crippen molar-refractivity contribution in [2.75, 3.05) is 11.5 Å². The van der Waals surface area contributed by atoms with Crippen molar-refractivity contribution in [2.24, 2.45) is 0 Å². The van der Waals surface area contributed by atoms with Crippen molar-refractivity contribution >= 4 is 27.5 Å². The molecule has 7 nitrogen and oxygen atoms in total. The van der Waals surface area contributed by atoms with Crippen LogP contribution in [0.2, 0.25) is 0 Å². The van der Waals surface area contributed by atoms with Crippen LogP contribution in [0.15, 0.2) is 97.8 Å². The number of aromatic nitrogens is 1. The second-order valence-electron chi connectivity index (χ2n) is 8.07. The summed E-state index contributed by atoms with van der Waals surface area (Å²) >= 11 is 1.48. The van der Waals surface area contributed by atoms with Gasteiger partial charge in [0.1, 0.15) is 5.76 Å². The molecule has 1 aliphatic rings. The Morgan fingerprint density at radius 1 is 1.03 bits per heavy atom. The minimum absolute atomic E-state index is 0.0583. The molecule has 1 aliphatic heterocycles. The van der Waals surface area contributed by atoms with Gasteiger partial charge in [0, 0.05) is 22.6 Å². The lowest BCUT2D eigenvalue weighted by molar-refractivity contribution is 0.0653. The monoisotopic (exact) mass is 494 g/mol. The molecule has 5 rings (SSSR count). The Morgan fingerprint density at radius 3 is 2.47 bits per heavy atom. The number of hydrogen-bond donors (Lipinski definition) is 0. The van der Waals surface area contributed by atoms with Gasteiger partial charge in [0.15, 0.2) is 26.4 Å². The molecule has 2 aromatic heterocycles. The van der Waals surface area contributed by atoms with E-state index in [1.54, 1.807) is 6.07 Å². The largest absolute Gasteiger partial charge is 0.453 e. The molecule has 0 saturated carbocycles. The summed E-state index contributed by atoms with van der Waals surface area (Å²) in [5, 5.41) is 4.67. The maximum atomic E-state index is 13.5. The summed E-state index contributed by atoms with van der Waals surface area (Å²) in [5.41, 5.74) is 0.936. The SMILES string of the molecule is O=C(c1cc(-c2ccccc2)on1)N(Cc1ccc(Sc2ccccc2)o1)[C@@H]1CCS(=O)(=O)C1. The Kier molecular flexibility index (Phi) is 6.30. The highest BCUT2D eigenvalue weighted by atomic mass is 32.2. The Hall–Kier alpha value is -3.30. The van der Waals surface area contributed by atoms with Crippen molar-refractivity contribution in [1.29, 1.82) is 0 Å². The van der Waals surface area contributed by atoms with E-state index >= 15 is 0 Å². The average molecular weight is 495 g/mol. The molecule has 4 aromatic rings. The van der Waals surface area contributed by atoms with E-state index in [0.717, 1.165) is 10.5 Å². The van der Waals surface area contributed by atoms with Crippen LogP contribution in [0, 0.1) is 0 Å². The smallest absolute Gasteiger partial charge is 0.276 e. The van der Waals surface area contributed by atoms with Crippen LogP contribution in [-0.4, -0.2) is 41.9 Å². The van der Waals surface area contributed by atoms with Gasteiger partial charge >= 0.3 is 0 Å².